The van der Waals surface area contributed by atoms with E-state index in [0.717, 1.165) is 6.42 Å². The third-order valence-electron chi connectivity index (χ3n) is 3.53. The molecule has 0 aliphatic heterocycles. The molecule has 1 unspecified atom stereocenters. The number of benzene rings is 1. The topological polar surface area (TPSA) is 44.8 Å². The second-order valence-corrected chi connectivity index (χ2v) is 5.42. The zero-order valence-electron chi connectivity index (χ0n) is 13.8. The van der Waals surface area contributed by atoms with Gasteiger partial charge in [0, 0.05) is 13.5 Å². The summed E-state index contributed by atoms with van der Waals surface area (Å²) in [6, 6.07) is 7.50. The summed E-state index contributed by atoms with van der Waals surface area (Å²) in [5, 5.41) is 0. The molecule has 0 heterocycles. The Kier molecular flexibility index (Phi) is 9.51. The SMILES string of the molecule is CCCCCCc1ccc(C(=O)OO[CH]CC(C)OC)cc1. The van der Waals surface area contributed by atoms with Crippen molar-refractivity contribution < 1.29 is 19.3 Å². The predicted octanol–water partition coefficient (Wildman–Crippen LogP) is 4.48. The Labute approximate surface area is 133 Å². The zero-order valence-corrected chi connectivity index (χ0v) is 13.8. The summed E-state index contributed by atoms with van der Waals surface area (Å²) < 4.78 is 5.05. The van der Waals surface area contributed by atoms with Crippen molar-refractivity contribution in [1.29, 1.82) is 0 Å². The lowest BCUT2D eigenvalue weighted by Gasteiger charge is -2.08. The summed E-state index contributed by atoms with van der Waals surface area (Å²) in [5.74, 6) is -0.487. The van der Waals surface area contributed by atoms with Crippen molar-refractivity contribution in [2.24, 2.45) is 0 Å². The molecule has 4 nitrogen and oxygen atoms in total. The molecule has 0 amide bonds. The van der Waals surface area contributed by atoms with Crippen LogP contribution in [-0.2, 0) is 20.9 Å². The third-order valence-corrected chi connectivity index (χ3v) is 3.53. The number of unbranched alkanes of at least 4 members (excludes halogenated alkanes) is 3. The lowest BCUT2D eigenvalue weighted by molar-refractivity contribution is -0.215. The van der Waals surface area contributed by atoms with E-state index in [2.05, 4.69) is 6.92 Å². The normalized spacial score (nSPS) is 12.1. The number of carbonyl (C=O) groups excluding carboxylic acids is 1. The third kappa shape index (κ3) is 7.57. The van der Waals surface area contributed by atoms with Gasteiger partial charge in [-0.1, -0.05) is 38.3 Å². The fourth-order valence-corrected chi connectivity index (χ4v) is 1.96. The maximum absolute atomic E-state index is 11.8. The Morgan fingerprint density at radius 3 is 2.55 bits per heavy atom. The van der Waals surface area contributed by atoms with Crippen LogP contribution in [0.3, 0.4) is 0 Å². The van der Waals surface area contributed by atoms with E-state index >= 15 is 0 Å². The molecule has 1 radical (unpaired) electrons. The molecule has 123 valence electrons. The molecule has 0 aliphatic carbocycles. The highest BCUT2D eigenvalue weighted by Gasteiger charge is 2.09. The highest BCUT2D eigenvalue weighted by Crippen LogP contribution is 2.11. The van der Waals surface area contributed by atoms with Crippen LogP contribution < -0.4 is 0 Å². The van der Waals surface area contributed by atoms with Crippen LogP contribution in [0.1, 0.15) is 61.9 Å². The molecule has 1 aromatic rings. The average molecular weight is 307 g/mol. The van der Waals surface area contributed by atoms with Gasteiger partial charge < -0.3 is 4.74 Å². The Balaban J connectivity index is 2.28. The minimum atomic E-state index is -0.487. The van der Waals surface area contributed by atoms with E-state index in [1.807, 2.05) is 19.1 Å². The van der Waals surface area contributed by atoms with E-state index < -0.39 is 5.97 Å². The van der Waals surface area contributed by atoms with Crippen molar-refractivity contribution in [3.63, 3.8) is 0 Å². The summed E-state index contributed by atoms with van der Waals surface area (Å²) >= 11 is 0. The first kappa shape index (κ1) is 18.7. The number of hydrogen-bond acceptors (Lipinski definition) is 4. The summed E-state index contributed by atoms with van der Waals surface area (Å²) in [4.78, 5) is 21.3. The van der Waals surface area contributed by atoms with Gasteiger partial charge in [0.25, 0.3) is 0 Å². The number of carbonyl (C=O) groups is 1. The fraction of sp³-hybridized carbons (Fsp3) is 0.556. The van der Waals surface area contributed by atoms with E-state index in [9.17, 15) is 4.79 Å². The molecule has 0 bridgehead atoms. The van der Waals surface area contributed by atoms with Crippen molar-refractivity contribution in [3.05, 3.63) is 42.0 Å². The first-order valence-corrected chi connectivity index (χ1v) is 7.98. The minimum absolute atomic E-state index is 0.0330. The van der Waals surface area contributed by atoms with Gasteiger partial charge in [-0.05, 0) is 37.5 Å². The molecule has 1 atom stereocenters. The molecule has 1 rings (SSSR count). The van der Waals surface area contributed by atoms with E-state index in [-0.39, 0.29) is 6.10 Å². The Morgan fingerprint density at radius 2 is 1.91 bits per heavy atom. The van der Waals surface area contributed by atoms with Gasteiger partial charge in [0.15, 0.2) is 0 Å². The number of rotatable bonds is 11. The highest BCUT2D eigenvalue weighted by atomic mass is 17.2. The molecule has 4 heteroatoms. The van der Waals surface area contributed by atoms with Crippen molar-refractivity contribution in [1.82, 2.24) is 0 Å². The first-order chi connectivity index (χ1) is 10.7. The van der Waals surface area contributed by atoms with Gasteiger partial charge in [-0.25, -0.2) is 4.79 Å². The lowest BCUT2D eigenvalue weighted by Crippen LogP contribution is -2.09. The van der Waals surface area contributed by atoms with Crippen molar-refractivity contribution in [2.75, 3.05) is 7.11 Å². The van der Waals surface area contributed by atoms with Crippen LogP contribution in [0.5, 0.6) is 0 Å². The summed E-state index contributed by atoms with van der Waals surface area (Å²) in [7, 11) is 1.62. The minimum Gasteiger partial charge on any atom is -0.382 e. The molecular weight excluding hydrogens is 280 g/mol. The second-order valence-electron chi connectivity index (χ2n) is 5.42. The van der Waals surface area contributed by atoms with Gasteiger partial charge in [0.2, 0.25) is 0 Å². The van der Waals surface area contributed by atoms with E-state index in [1.54, 1.807) is 19.2 Å². The Bertz CT molecular complexity index is 414. The Morgan fingerprint density at radius 1 is 1.18 bits per heavy atom. The van der Waals surface area contributed by atoms with Gasteiger partial charge in [0.1, 0.15) is 6.61 Å². The maximum Gasteiger partial charge on any atom is 0.373 e. The number of ether oxygens (including phenoxy) is 1. The molecule has 0 saturated heterocycles. The molecule has 0 aromatic heterocycles. The van der Waals surface area contributed by atoms with Crippen LogP contribution in [0.15, 0.2) is 24.3 Å². The quantitative estimate of drug-likeness (QED) is 0.343. The van der Waals surface area contributed by atoms with Crippen LogP contribution in [0.4, 0.5) is 0 Å². The van der Waals surface area contributed by atoms with Gasteiger partial charge in [-0.3, -0.25) is 4.89 Å². The lowest BCUT2D eigenvalue weighted by atomic mass is 10.0. The molecule has 1 aromatic carbocycles. The fourth-order valence-electron chi connectivity index (χ4n) is 1.96. The number of aryl methyl sites for hydroxylation is 1. The van der Waals surface area contributed by atoms with Crippen molar-refractivity contribution in [3.8, 4) is 0 Å². The summed E-state index contributed by atoms with van der Waals surface area (Å²) in [6.45, 7) is 5.53. The molecular formula is C18H27O4. The number of methoxy groups -OCH3 is 1. The van der Waals surface area contributed by atoms with Crippen LogP contribution in [0.25, 0.3) is 0 Å². The smallest absolute Gasteiger partial charge is 0.373 e. The molecule has 0 spiro atoms. The zero-order chi connectivity index (χ0) is 16.2. The van der Waals surface area contributed by atoms with Crippen molar-refractivity contribution >= 4 is 5.97 Å². The summed E-state index contributed by atoms with van der Waals surface area (Å²) in [6.07, 6.45) is 6.60. The standard InChI is InChI=1S/C18H27O4/c1-4-5-6-7-8-16-9-11-17(12-10-16)18(19)22-21-14-13-15(2)20-3/h9-12,14-15H,4-8,13H2,1-3H3. The van der Waals surface area contributed by atoms with Crippen LogP contribution >= 0.6 is 0 Å². The summed E-state index contributed by atoms with van der Waals surface area (Å²) in [5.41, 5.74) is 1.74. The second kappa shape index (κ2) is 11.2. The first-order valence-electron chi connectivity index (χ1n) is 7.98. The highest BCUT2D eigenvalue weighted by molar-refractivity contribution is 5.88. The van der Waals surface area contributed by atoms with Crippen LogP contribution in [0, 0.1) is 6.61 Å². The van der Waals surface area contributed by atoms with Gasteiger partial charge in [-0.15, -0.1) is 0 Å². The van der Waals surface area contributed by atoms with Crippen LogP contribution in [-0.4, -0.2) is 19.2 Å². The van der Waals surface area contributed by atoms with Gasteiger partial charge in [-0.2, -0.15) is 4.89 Å². The largest absolute Gasteiger partial charge is 0.382 e. The van der Waals surface area contributed by atoms with Gasteiger partial charge >= 0.3 is 5.97 Å². The molecule has 0 aliphatic rings. The Hall–Kier alpha value is -1.39. The van der Waals surface area contributed by atoms with Gasteiger partial charge in [0.05, 0.1) is 11.7 Å². The maximum atomic E-state index is 11.8. The van der Waals surface area contributed by atoms with E-state index in [0.29, 0.717) is 12.0 Å². The van der Waals surface area contributed by atoms with Crippen molar-refractivity contribution in [2.45, 2.75) is 58.5 Å². The molecule has 22 heavy (non-hydrogen) atoms. The predicted molar refractivity (Wildman–Crippen MR) is 86.2 cm³/mol. The van der Waals surface area contributed by atoms with E-state index in [4.69, 9.17) is 14.5 Å². The van der Waals surface area contributed by atoms with Crippen LogP contribution in [0.2, 0.25) is 0 Å². The molecule has 0 saturated carbocycles. The molecule has 0 N–H and O–H groups in total. The monoisotopic (exact) mass is 307 g/mol. The molecule has 0 fully saturated rings. The van der Waals surface area contributed by atoms with E-state index in [1.165, 1.54) is 37.9 Å². The number of hydrogen-bond donors (Lipinski definition) is 0. The average Bonchev–Trinajstić information content (AvgIpc) is 2.55.